The Morgan fingerprint density at radius 2 is 2.25 bits per heavy atom. The van der Waals surface area contributed by atoms with E-state index < -0.39 is 0 Å². The van der Waals surface area contributed by atoms with Crippen LogP contribution in [0.2, 0.25) is 0 Å². The quantitative estimate of drug-likeness (QED) is 0.730. The third kappa shape index (κ3) is 1.02. The van der Waals surface area contributed by atoms with Crippen molar-refractivity contribution in [2.45, 2.75) is 0 Å². The van der Waals surface area contributed by atoms with Crippen LogP contribution in [-0.2, 0) is 0 Å². The summed E-state index contributed by atoms with van der Waals surface area (Å²) in [4.78, 5) is 0. The minimum Gasteiger partial charge on any atom is -0.495 e. The number of rotatable bonds is 1. The molecule has 2 rings (SSSR count). The maximum atomic E-state index is 5.68. The normalized spacial score (nSPS) is 10.4. The summed E-state index contributed by atoms with van der Waals surface area (Å²) in [6.07, 6.45) is 0. The Hall–Kier alpha value is -1.22. The first-order valence-electron chi connectivity index (χ1n) is 3.63. The molecule has 0 fully saturated rings. The summed E-state index contributed by atoms with van der Waals surface area (Å²) in [6.45, 7) is 0. The summed E-state index contributed by atoms with van der Waals surface area (Å²) < 4.78 is 6.32. The number of anilines is 1. The number of nitrogen functional groups attached to an aromatic ring is 1. The van der Waals surface area contributed by atoms with Gasteiger partial charge in [-0.25, -0.2) is 0 Å². The molecule has 0 bridgehead atoms. The average molecular weight is 179 g/mol. The fraction of sp³-hybridized carbons (Fsp3) is 0.111. The molecule has 0 spiro atoms. The van der Waals surface area contributed by atoms with Gasteiger partial charge in [-0.1, -0.05) is 12.1 Å². The van der Waals surface area contributed by atoms with Crippen molar-refractivity contribution in [3.05, 3.63) is 24.3 Å². The smallest absolute Gasteiger partial charge is 0.136 e. The Morgan fingerprint density at radius 3 is 3.00 bits per heavy atom. The predicted octanol–water partition coefficient (Wildman–Crippen LogP) is 2.49. The third-order valence-electron chi connectivity index (χ3n) is 1.75. The Labute approximate surface area is 74.6 Å². The van der Waals surface area contributed by atoms with E-state index in [1.54, 1.807) is 18.4 Å². The zero-order valence-corrected chi connectivity index (χ0v) is 7.52. The highest BCUT2D eigenvalue weighted by Crippen LogP contribution is 2.34. The lowest BCUT2D eigenvalue weighted by molar-refractivity contribution is 0.420. The van der Waals surface area contributed by atoms with Gasteiger partial charge in [0.2, 0.25) is 0 Å². The van der Waals surface area contributed by atoms with Crippen molar-refractivity contribution in [1.29, 1.82) is 0 Å². The highest BCUT2D eigenvalue weighted by molar-refractivity contribution is 7.23. The van der Waals surface area contributed by atoms with Crippen LogP contribution in [0.15, 0.2) is 24.3 Å². The van der Waals surface area contributed by atoms with E-state index in [0.29, 0.717) is 0 Å². The molecule has 0 atom stereocenters. The van der Waals surface area contributed by atoms with Crippen LogP contribution in [0.25, 0.3) is 10.1 Å². The Bertz CT molecular complexity index is 408. The van der Waals surface area contributed by atoms with E-state index in [0.717, 1.165) is 20.8 Å². The van der Waals surface area contributed by atoms with Gasteiger partial charge in [-0.05, 0) is 17.5 Å². The second-order valence-electron chi connectivity index (χ2n) is 2.53. The average Bonchev–Trinajstić information content (AvgIpc) is 2.44. The van der Waals surface area contributed by atoms with Crippen LogP contribution in [0.1, 0.15) is 0 Å². The predicted molar refractivity (Wildman–Crippen MR) is 52.8 cm³/mol. The van der Waals surface area contributed by atoms with Crippen LogP contribution in [0.3, 0.4) is 0 Å². The summed E-state index contributed by atoms with van der Waals surface area (Å²) in [5.74, 6) is 0.897. The molecule has 0 aliphatic rings. The third-order valence-corrected chi connectivity index (χ3v) is 2.74. The van der Waals surface area contributed by atoms with Crippen molar-refractivity contribution in [3.8, 4) is 5.75 Å². The minimum absolute atomic E-state index is 0.828. The van der Waals surface area contributed by atoms with E-state index in [9.17, 15) is 0 Å². The number of hydrogen-bond donors (Lipinski definition) is 1. The van der Waals surface area contributed by atoms with Crippen LogP contribution in [0, 0.1) is 0 Å². The minimum atomic E-state index is 0.828. The summed E-state index contributed by atoms with van der Waals surface area (Å²) in [5, 5.41) is 1.98. The molecular weight excluding hydrogens is 170 g/mol. The summed E-state index contributed by atoms with van der Waals surface area (Å²) >= 11 is 1.56. The summed E-state index contributed by atoms with van der Waals surface area (Å²) in [7, 11) is 1.67. The first kappa shape index (κ1) is 7.43. The summed E-state index contributed by atoms with van der Waals surface area (Å²) in [5.41, 5.74) is 5.68. The van der Waals surface area contributed by atoms with Crippen molar-refractivity contribution in [3.63, 3.8) is 0 Å². The maximum Gasteiger partial charge on any atom is 0.136 e. The molecule has 0 saturated heterocycles. The first-order chi connectivity index (χ1) is 5.81. The van der Waals surface area contributed by atoms with Gasteiger partial charge in [0.25, 0.3) is 0 Å². The van der Waals surface area contributed by atoms with Crippen molar-refractivity contribution >= 4 is 26.4 Å². The second kappa shape index (κ2) is 2.68. The van der Waals surface area contributed by atoms with Crippen LogP contribution >= 0.6 is 11.3 Å². The molecule has 12 heavy (non-hydrogen) atoms. The van der Waals surface area contributed by atoms with Crippen LogP contribution in [0.5, 0.6) is 5.75 Å². The van der Waals surface area contributed by atoms with Crippen molar-refractivity contribution in [1.82, 2.24) is 0 Å². The molecule has 1 aromatic heterocycles. The number of methoxy groups -OCH3 is 1. The Balaban J connectivity index is 2.78. The number of fused-ring (bicyclic) bond motifs is 1. The van der Waals surface area contributed by atoms with Crippen molar-refractivity contribution in [2.24, 2.45) is 0 Å². The van der Waals surface area contributed by atoms with Gasteiger partial charge < -0.3 is 10.5 Å². The molecule has 0 saturated carbocycles. The lowest BCUT2D eigenvalue weighted by Crippen LogP contribution is -1.80. The molecule has 0 amide bonds. The molecule has 2 N–H and O–H groups in total. The SMILES string of the molecule is COc1cccc2cc(N)sc12. The molecular formula is C9H9NOS. The number of ether oxygens (including phenoxy) is 1. The van der Waals surface area contributed by atoms with E-state index in [1.807, 2.05) is 24.3 Å². The molecule has 0 aliphatic heterocycles. The lowest BCUT2D eigenvalue weighted by Gasteiger charge is -1.98. The van der Waals surface area contributed by atoms with Crippen LogP contribution < -0.4 is 10.5 Å². The van der Waals surface area contributed by atoms with Crippen molar-refractivity contribution < 1.29 is 4.74 Å². The molecule has 0 aliphatic carbocycles. The molecule has 1 heterocycles. The highest BCUT2D eigenvalue weighted by Gasteiger charge is 2.03. The van der Waals surface area contributed by atoms with Gasteiger partial charge in [0.1, 0.15) is 5.75 Å². The zero-order chi connectivity index (χ0) is 8.55. The van der Waals surface area contributed by atoms with Gasteiger partial charge >= 0.3 is 0 Å². The van der Waals surface area contributed by atoms with Crippen LogP contribution in [-0.4, -0.2) is 7.11 Å². The lowest BCUT2D eigenvalue weighted by atomic mass is 10.2. The van der Waals surface area contributed by atoms with E-state index >= 15 is 0 Å². The van der Waals surface area contributed by atoms with Gasteiger partial charge in [-0.2, -0.15) is 0 Å². The van der Waals surface area contributed by atoms with E-state index in [2.05, 4.69) is 0 Å². The van der Waals surface area contributed by atoms with E-state index in [4.69, 9.17) is 10.5 Å². The van der Waals surface area contributed by atoms with Crippen molar-refractivity contribution in [2.75, 3.05) is 12.8 Å². The molecule has 1 aromatic carbocycles. The second-order valence-corrected chi connectivity index (χ2v) is 3.61. The standard InChI is InChI=1S/C9H9NOS/c1-11-7-4-2-3-6-5-8(10)12-9(6)7/h2-5H,10H2,1H3. The topological polar surface area (TPSA) is 35.2 Å². The number of nitrogens with two attached hydrogens (primary N) is 1. The number of benzene rings is 1. The maximum absolute atomic E-state index is 5.68. The largest absolute Gasteiger partial charge is 0.495 e. The molecule has 0 radical (unpaired) electrons. The fourth-order valence-corrected chi connectivity index (χ4v) is 2.14. The Kier molecular flexibility index (Phi) is 1.66. The molecule has 3 heteroatoms. The zero-order valence-electron chi connectivity index (χ0n) is 6.70. The van der Waals surface area contributed by atoms with Gasteiger partial charge in [0, 0.05) is 0 Å². The summed E-state index contributed by atoms with van der Waals surface area (Å²) in [6, 6.07) is 7.90. The van der Waals surface area contributed by atoms with Gasteiger partial charge in [-0.3, -0.25) is 0 Å². The molecule has 0 unspecified atom stereocenters. The van der Waals surface area contributed by atoms with E-state index in [1.165, 1.54) is 0 Å². The highest BCUT2D eigenvalue weighted by atomic mass is 32.1. The van der Waals surface area contributed by atoms with E-state index in [-0.39, 0.29) is 0 Å². The monoisotopic (exact) mass is 179 g/mol. The van der Waals surface area contributed by atoms with Gasteiger partial charge in [0.15, 0.2) is 0 Å². The first-order valence-corrected chi connectivity index (χ1v) is 4.45. The number of hydrogen-bond acceptors (Lipinski definition) is 3. The number of thiophene rings is 1. The molecule has 62 valence electrons. The molecule has 2 aromatic rings. The van der Waals surface area contributed by atoms with Crippen LogP contribution in [0.4, 0.5) is 5.00 Å². The fourth-order valence-electron chi connectivity index (χ4n) is 1.22. The Morgan fingerprint density at radius 1 is 1.42 bits per heavy atom. The van der Waals surface area contributed by atoms with Gasteiger partial charge in [0.05, 0.1) is 16.8 Å². The van der Waals surface area contributed by atoms with Gasteiger partial charge in [-0.15, -0.1) is 11.3 Å². The molecule has 2 nitrogen and oxygen atoms in total.